The lowest BCUT2D eigenvalue weighted by molar-refractivity contribution is -0.114. The lowest BCUT2D eigenvalue weighted by atomic mass is 10.3. The molecule has 3 aromatic rings. The SMILES string of the molecule is NS(=O)(=O)c1ccc(NC(=O)CSc2nnc(SCC(=O)Nc3ccc(S(N)(=O)=O)cc3)s2)cc1. The van der Waals surface area contributed by atoms with Crippen LogP contribution in [0.3, 0.4) is 0 Å². The van der Waals surface area contributed by atoms with Gasteiger partial charge in [-0.05, 0) is 48.5 Å². The monoisotopic (exact) mass is 574 g/mol. The summed E-state index contributed by atoms with van der Waals surface area (Å²) < 4.78 is 46.1. The highest BCUT2D eigenvalue weighted by molar-refractivity contribution is 8.03. The number of primary sulfonamides is 2. The molecule has 3 rings (SSSR count). The van der Waals surface area contributed by atoms with Gasteiger partial charge in [-0.1, -0.05) is 34.9 Å². The van der Waals surface area contributed by atoms with Crippen LogP contribution in [0.5, 0.6) is 0 Å². The van der Waals surface area contributed by atoms with Crippen LogP contribution in [0.2, 0.25) is 0 Å². The Morgan fingerprint density at radius 1 is 0.714 bits per heavy atom. The minimum Gasteiger partial charge on any atom is -0.325 e. The summed E-state index contributed by atoms with van der Waals surface area (Å²) in [6, 6.07) is 10.9. The maximum absolute atomic E-state index is 12.1. The number of nitrogens with zero attached hydrogens (tertiary/aromatic N) is 2. The fraction of sp³-hybridized carbons (Fsp3) is 0.111. The second kappa shape index (κ2) is 11.5. The predicted octanol–water partition coefficient (Wildman–Crippen LogP) is 1.29. The van der Waals surface area contributed by atoms with Gasteiger partial charge in [0.05, 0.1) is 21.3 Å². The minimum absolute atomic E-state index is 0.0469. The molecule has 12 nitrogen and oxygen atoms in total. The number of amides is 2. The van der Waals surface area contributed by atoms with Crippen LogP contribution in [0.1, 0.15) is 0 Å². The summed E-state index contributed by atoms with van der Waals surface area (Å²) in [6.45, 7) is 0. The van der Waals surface area contributed by atoms with Crippen LogP contribution in [0, 0.1) is 0 Å². The third kappa shape index (κ3) is 8.57. The molecule has 0 aliphatic rings. The Balaban J connectivity index is 1.43. The van der Waals surface area contributed by atoms with Crippen molar-refractivity contribution in [2.24, 2.45) is 10.3 Å². The number of benzene rings is 2. The lowest BCUT2D eigenvalue weighted by Gasteiger charge is -2.05. The first kappa shape index (κ1) is 27.1. The van der Waals surface area contributed by atoms with Crippen LogP contribution in [0.25, 0.3) is 0 Å². The van der Waals surface area contributed by atoms with Crippen LogP contribution in [0.4, 0.5) is 11.4 Å². The quantitative estimate of drug-likeness (QED) is 0.255. The first-order valence-corrected chi connectivity index (χ1v) is 15.2. The van der Waals surface area contributed by atoms with E-state index in [1.54, 1.807) is 0 Å². The van der Waals surface area contributed by atoms with E-state index in [1.807, 2.05) is 0 Å². The Kier molecular flexibility index (Phi) is 8.86. The van der Waals surface area contributed by atoms with E-state index in [0.29, 0.717) is 20.1 Å². The number of sulfonamides is 2. The van der Waals surface area contributed by atoms with Gasteiger partial charge < -0.3 is 10.6 Å². The van der Waals surface area contributed by atoms with Crippen LogP contribution in [0.15, 0.2) is 67.0 Å². The molecule has 0 saturated carbocycles. The van der Waals surface area contributed by atoms with Crippen LogP contribution in [-0.2, 0) is 29.6 Å². The summed E-state index contributed by atoms with van der Waals surface area (Å²) in [5.41, 5.74) is 0.837. The van der Waals surface area contributed by atoms with Crippen molar-refractivity contribution in [1.29, 1.82) is 0 Å². The average Bonchev–Trinajstić information content (AvgIpc) is 3.24. The summed E-state index contributed by atoms with van der Waals surface area (Å²) in [6.07, 6.45) is 0. The zero-order valence-electron chi connectivity index (χ0n) is 17.6. The summed E-state index contributed by atoms with van der Waals surface area (Å²) in [4.78, 5) is 24.1. The maximum Gasteiger partial charge on any atom is 0.238 e. The van der Waals surface area contributed by atoms with E-state index < -0.39 is 20.0 Å². The van der Waals surface area contributed by atoms with Crippen molar-refractivity contribution in [1.82, 2.24) is 10.2 Å². The molecule has 0 aliphatic carbocycles. The number of nitrogens with two attached hydrogens (primary N) is 2. The van der Waals surface area contributed by atoms with E-state index in [9.17, 15) is 26.4 Å². The highest BCUT2D eigenvalue weighted by Gasteiger charge is 2.13. The molecular formula is C18H18N6O6S5. The average molecular weight is 575 g/mol. The summed E-state index contributed by atoms with van der Waals surface area (Å²) in [5.74, 6) is -0.553. The van der Waals surface area contributed by atoms with E-state index in [4.69, 9.17) is 10.3 Å². The van der Waals surface area contributed by atoms with Crippen LogP contribution in [-0.4, -0.2) is 50.4 Å². The highest BCUT2D eigenvalue weighted by atomic mass is 32.2. The van der Waals surface area contributed by atoms with Crippen molar-refractivity contribution in [3.05, 3.63) is 48.5 Å². The number of hydrogen-bond acceptors (Lipinski definition) is 11. The number of thioether (sulfide) groups is 2. The van der Waals surface area contributed by atoms with Crippen molar-refractivity contribution in [3.8, 4) is 0 Å². The van der Waals surface area contributed by atoms with Gasteiger partial charge in [0.25, 0.3) is 0 Å². The van der Waals surface area contributed by atoms with Crippen LogP contribution >= 0.6 is 34.9 Å². The molecule has 0 atom stereocenters. The standard InChI is InChI=1S/C18H18N6O6S5/c19-34(27,28)13-5-1-11(2-6-13)21-15(25)9-31-17-23-24-18(33-17)32-10-16(26)22-12-3-7-14(8-4-12)35(20,29)30/h1-8H,9-10H2,(H,21,25)(H,22,26)(H2,19,27,28)(H2,20,29,30). The van der Waals surface area contributed by atoms with Gasteiger partial charge in [0.1, 0.15) is 0 Å². The van der Waals surface area contributed by atoms with Crippen molar-refractivity contribution >= 4 is 78.1 Å². The van der Waals surface area contributed by atoms with Gasteiger partial charge in [0, 0.05) is 11.4 Å². The van der Waals surface area contributed by atoms with Gasteiger partial charge in [-0.3, -0.25) is 9.59 Å². The Bertz CT molecular complexity index is 1320. The fourth-order valence-electron chi connectivity index (χ4n) is 2.42. The molecular weight excluding hydrogens is 557 g/mol. The first-order chi connectivity index (χ1) is 16.4. The molecule has 2 aromatic carbocycles. The van der Waals surface area contributed by atoms with Gasteiger partial charge in [-0.15, -0.1) is 10.2 Å². The second-order valence-corrected chi connectivity index (χ2v) is 13.2. The summed E-state index contributed by atoms with van der Waals surface area (Å²) in [5, 5.41) is 23.3. The zero-order chi connectivity index (χ0) is 25.6. The van der Waals surface area contributed by atoms with Gasteiger partial charge >= 0.3 is 0 Å². The summed E-state index contributed by atoms with van der Waals surface area (Å²) in [7, 11) is -7.61. The number of nitrogens with one attached hydrogen (secondary N) is 2. The Hall–Kier alpha value is -2.54. The third-order valence-electron chi connectivity index (χ3n) is 3.97. The van der Waals surface area contributed by atoms with Crippen molar-refractivity contribution in [2.75, 3.05) is 22.1 Å². The fourth-order valence-corrected chi connectivity index (χ4v) is 6.07. The molecule has 0 bridgehead atoms. The Morgan fingerprint density at radius 3 is 1.37 bits per heavy atom. The number of rotatable bonds is 10. The van der Waals surface area contributed by atoms with Crippen molar-refractivity contribution in [3.63, 3.8) is 0 Å². The molecule has 0 unspecified atom stereocenters. The molecule has 2 amide bonds. The van der Waals surface area contributed by atoms with E-state index in [2.05, 4.69) is 20.8 Å². The van der Waals surface area contributed by atoms with Gasteiger partial charge in [-0.25, -0.2) is 27.1 Å². The number of carbonyl (C=O) groups excluding carboxylic acids is 2. The molecule has 0 aliphatic heterocycles. The Labute approximate surface area is 213 Å². The molecule has 35 heavy (non-hydrogen) atoms. The minimum atomic E-state index is -3.81. The number of hydrogen-bond donors (Lipinski definition) is 4. The Morgan fingerprint density at radius 2 is 1.06 bits per heavy atom. The molecule has 1 aromatic heterocycles. The third-order valence-corrected chi connectivity index (χ3v) is 9.02. The molecule has 0 fully saturated rings. The van der Waals surface area contributed by atoms with Gasteiger partial charge in [-0.2, -0.15) is 0 Å². The van der Waals surface area contributed by atoms with Gasteiger partial charge in [0.15, 0.2) is 8.68 Å². The number of anilines is 2. The molecule has 186 valence electrons. The second-order valence-electron chi connectivity index (χ2n) is 6.65. The molecule has 0 saturated heterocycles. The predicted molar refractivity (Wildman–Crippen MR) is 134 cm³/mol. The number of aromatic nitrogens is 2. The van der Waals surface area contributed by atoms with Crippen LogP contribution < -0.4 is 20.9 Å². The molecule has 0 spiro atoms. The van der Waals surface area contributed by atoms with E-state index in [0.717, 1.165) is 23.5 Å². The topological polar surface area (TPSA) is 204 Å². The molecule has 1 heterocycles. The zero-order valence-corrected chi connectivity index (χ0v) is 21.7. The normalized spacial score (nSPS) is 11.7. The van der Waals surface area contributed by atoms with Crippen molar-refractivity contribution < 1.29 is 26.4 Å². The lowest BCUT2D eigenvalue weighted by Crippen LogP contribution is -2.15. The molecule has 0 radical (unpaired) electrons. The highest BCUT2D eigenvalue weighted by Crippen LogP contribution is 2.29. The van der Waals surface area contributed by atoms with Crippen molar-refractivity contribution in [2.45, 2.75) is 18.5 Å². The number of carbonyl (C=O) groups is 2. The summed E-state index contributed by atoms with van der Waals surface area (Å²) >= 11 is 3.54. The van der Waals surface area contributed by atoms with Gasteiger partial charge in [0.2, 0.25) is 31.9 Å². The smallest absolute Gasteiger partial charge is 0.238 e. The van der Waals surface area contributed by atoms with E-state index in [-0.39, 0.29) is 33.1 Å². The largest absolute Gasteiger partial charge is 0.325 e. The van der Waals surface area contributed by atoms with E-state index >= 15 is 0 Å². The molecule has 6 N–H and O–H groups in total. The molecule has 17 heteroatoms. The van der Waals surface area contributed by atoms with E-state index in [1.165, 1.54) is 59.9 Å². The maximum atomic E-state index is 12.1. The first-order valence-electron chi connectivity index (χ1n) is 9.35.